The highest BCUT2D eigenvalue weighted by Gasteiger charge is 2.59. The van der Waals surface area contributed by atoms with Crippen LogP contribution in [-0.4, -0.2) is 0 Å². The zero-order valence-corrected chi connectivity index (χ0v) is 39.1. The van der Waals surface area contributed by atoms with Gasteiger partial charge in [0, 0.05) is 5.41 Å². The monoisotopic (exact) mass is 856 g/mol. The number of hydrogen-bond acceptors (Lipinski definition) is 0. The minimum atomic E-state index is -0.317. The topological polar surface area (TPSA) is 0 Å². The Morgan fingerprint density at radius 2 is 0.627 bits per heavy atom. The van der Waals surface area contributed by atoms with Crippen molar-refractivity contribution in [2.75, 3.05) is 0 Å². The van der Waals surface area contributed by atoms with Crippen molar-refractivity contribution < 1.29 is 0 Å². The minimum absolute atomic E-state index is 0.131. The van der Waals surface area contributed by atoms with Crippen molar-refractivity contribution in [1.29, 1.82) is 0 Å². The van der Waals surface area contributed by atoms with Crippen LogP contribution in [0.2, 0.25) is 0 Å². The van der Waals surface area contributed by atoms with Crippen LogP contribution in [0.4, 0.5) is 0 Å². The molecule has 13 rings (SSSR count). The average Bonchev–Trinajstić information content (AvgIpc) is 3.69. The van der Waals surface area contributed by atoms with Crippen LogP contribution in [0.1, 0.15) is 52.7 Å². The van der Waals surface area contributed by atoms with Gasteiger partial charge < -0.3 is 0 Å². The molecule has 0 unspecified atom stereocenters. The van der Waals surface area contributed by atoms with Crippen molar-refractivity contribution in [3.05, 3.63) is 217 Å². The second-order valence-electron chi connectivity index (χ2n) is 21.1. The van der Waals surface area contributed by atoms with E-state index in [0.29, 0.717) is 0 Å². The summed E-state index contributed by atoms with van der Waals surface area (Å²) in [5.74, 6) is 0. The van der Waals surface area contributed by atoms with E-state index in [9.17, 15) is 0 Å². The molecule has 0 nitrogen and oxygen atoms in total. The van der Waals surface area contributed by atoms with Gasteiger partial charge in [-0.25, -0.2) is 0 Å². The van der Waals surface area contributed by atoms with Crippen LogP contribution in [0, 0.1) is 10.8 Å². The normalized spacial score (nSPS) is 13.6. The molecular weight excluding hydrogens is 805 g/mol. The van der Waals surface area contributed by atoms with Gasteiger partial charge in [-0.05, 0) is 154 Å². The predicted molar refractivity (Wildman–Crippen MR) is 290 cm³/mol. The van der Waals surface area contributed by atoms with Gasteiger partial charge in [-0.15, -0.1) is 0 Å². The lowest BCUT2D eigenvalue weighted by atomic mass is 9.49. The Labute approximate surface area is 393 Å². The molecule has 0 aromatic heterocycles. The molecule has 0 amide bonds. The molecule has 12 aromatic carbocycles. The number of fused-ring (bicyclic) bond motifs is 15. The highest BCUT2D eigenvalue weighted by atomic mass is 14.6. The fraction of sp³-hybridized carbons (Fsp3) is 0.134. The van der Waals surface area contributed by atoms with Crippen molar-refractivity contribution in [2.45, 2.75) is 47.0 Å². The van der Waals surface area contributed by atoms with Crippen LogP contribution in [0.25, 0.3) is 120 Å². The lowest BCUT2D eigenvalue weighted by molar-refractivity contribution is 0.0965. The van der Waals surface area contributed by atoms with Gasteiger partial charge in [0.2, 0.25) is 0 Å². The molecule has 0 fully saturated rings. The first-order valence-electron chi connectivity index (χ1n) is 24.0. The lowest BCUT2D eigenvalue weighted by Crippen LogP contribution is -2.50. The Bertz CT molecular complexity index is 3960. The molecule has 0 N–H and O–H groups in total. The zero-order valence-electron chi connectivity index (χ0n) is 39.1. The van der Waals surface area contributed by atoms with Crippen LogP contribution in [0.3, 0.4) is 0 Å². The Morgan fingerprint density at radius 1 is 0.269 bits per heavy atom. The molecule has 0 atom stereocenters. The molecule has 67 heavy (non-hydrogen) atoms. The largest absolute Gasteiger partial charge is 0.0616 e. The molecule has 0 aliphatic heterocycles. The molecule has 1 aliphatic carbocycles. The van der Waals surface area contributed by atoms with E-state index in [0.717, 1.165) is 0 Å². The number of hydrogen-bond donors (Lipinski definition) is 0. The van der Waals surface area contributed by atoms with E-state index in [-0.39, 0.29) is 16.2 Å². The van der Waals surface area contributed by atoms with E-state index in [1.165, 1.54) is 131 Å². The van der Waals surface area contributed by atoms with Crippen LogP contribution in [-0.2, 0) is 5.41 Å². The van der Waals surface area contributed by atoms with Crippen molar-refractivity contribution in [2.24, 2.45) is 10.8 Å². The maximum absolute atomic E-state index is 2.61. The molecule has 320 valence electrons. The van der Waals surface area contributed by atoms with Gasteiger partial charge in [-0.3, -0.25) is 0 Å². The first-order valence-corrected chi connectivity index (χ1v) is 24.0. The van der Waals surface area contributed by atoms with Crippen LogP contribution in [0.5, 0.6) is 0 Å². The first-order chi connectivity index (χ1) is 32.6. The van der Waals surface area contributed by atoms with Gasteiger partial charge in [0.1, 0.15) is 0 Å². The quantitative estimate of drug-likeness (QED) is 0.123. The van der Waals surface area contributed by atoms with Crippen LogP contribution < -0.4 is 0 Å². The van der Waals surface area contributed by atoms with E-state index in [2.05, 4.69) is 248 Å². The van der Waals surface area contributed by atoms with E-state index < -0.39 is 0 Å². The van der Waals surface area contributed by atoms with Crippen LogP contribution >= 0.6 is 0 Å². The van der Waals surface area contributed by atoms with Gasteiger partial charge in [0.25, 0.3) is 0 Å². The van der Waals surface area contributed by atoms with Crippen LogP contribution in [0.15, 0.2) is 206 Å². The second kappa shape index (κ2) is 14.2. The number of rotatable bonds is 3. The summed E-state index contributed by atoms with van der Waals surface area (Å²) in [5.41, 5.74) is 12.7. The highest BCUT2D eigenvalue weighted by molar-refractivity contribution is 6.26. The van der Waals surface area contributed by atoms with E-state index in [4.69, 9.17) is 0 Å². The Morgan fingerprint density at radius 3 is 1.15 bits per heavy atom. The smallest absolute Gasteiger partial charge is 0.0318 e. The molecule has 12 aromatic rings. The Balaban J connectivity index is 1.06. The maximum atomic E-state index is 2.61. The van der Waals surface area contributed by atoms with E-state index >= 15 is 0 Å². The summed E-state index contributed by atoms with van der Waals surface area (Å²) >= 11 is 0. The third kappa shape index (κ3) is 5.42. The summed E-state index contributed by atoms with van der Waals surface area (Å²) in [6.07, 6.45) is 0. The molecular formula is C67H52. The highest BCUT2D eigenvalue weighted by Crippen LogP contribution is 2.68. The molecule has 0 bridgehead atoms. The van der Waals surface area contributed by atoms with Crippen molar-refractivity contribution in [3.63, 3.8) is 0 Å². The first kappa shape index (κ1) is 39.8. The standard InChI is InChI=1S/C67H52/c1-65(2,3)67(66(4,5)6)59-40-57(49-27-12-14-28-50(49)62(59)63-51-29-15-11-24-46(51)47-25-13-20-34-56(47)64(63)67)41-35-37-42(38-36-41)60-52-30-16-18-32-54(52)61(55-33-19-17-31-53(55)60)58-39-43-21-7-8-22-44(43)45-23-9-10-26-48(45)58/h7-40H,1-6H3. The van der Waals surface area contributed by atoms with E-state index in [1.54, 1.807) is 0 Å². The fourth-order valence-electron chi connectivity index (χ4n) is 13.6. The summed E-state index contributed by atoms with van der Waals surface area (Å²) in [6.45, 7) is 14.9. The molecule has 1 aliphatic rings. The fourth-order valence-corrected chi connectivity index (χ4v) is 13.6. The van der Waals surface area contributed by atoms with Crippen molar-refractivity contribution in [3.8, 4) is 44.5 Å². The molecule has 0 heteroatoms. The molecule has 0 radical (unpaired) electrons. The lowest BCUT2D eigenvalue weighted by Gasteiger charge is -2.53. The second-order valence-corrected chi connectivity index (χ2v) is 21.1. The Kier molecular flexibility index (Phi) is 8.45. The summed E-state index contributed by atoms with van der Waals surface area (Å²) in [7, 11) is 0. The summed E-state index contributed by atoms with van der Waals surface area (Å²) in [5, 5.41) is 18.2. The minimum Gasteiger partial charge on any atom is -0.0616 e. The summed E-state index contributed by atoms with van der Waals surface area (Å²) in [4.78, 5) is 0. The predicted octanol–water partition coefficient (Wildman–Crippen LogP) is 19.1. The Hall–Kier alpha value is -7.54. The van der Waals surface area contributed by atoms with Crippen molar-refractivity contribution in [1.82, 2.24) is 0 Å². The van der Waals surface area contributed by atoms with Crippen molar-refractivity contribution >= 4 is 75.4 Å². The van der Waals surface area contributed by atoms with Gasteiger partial charge in [0.05, 0.1) is 0 Å². The molecule has 0 spiro atoms. The molecule has 0 saturated carbocycles. The average molecular weight is 857 g/mol. The van der Waals surface area contributed by atoms with Gasteiger partial charge >= 0.3 is 0 Å². The van der Waals surface area contributed by atoms with Gasteiger partial charge in [0.15, 0.2) is 0 Å². The van der Waals surface area contributed by atoms with E-state index in [1.807, 2.05) is 0 Å². The van der Waals surface area contributed by atoms with Gasteiger partial charge in [-0.1, -0.05) is 236 Å². The maximum Gasteiger partial charge on any atom is 0.0318 e. The third-order valence-electron chi connectivity index (χ3n) is 15.7. The molecule has 0 heterocycles. The summed E-state index contributed by atoms with van der Waals surface area (Å²) in [6, 6.07) is 78.0. The van der Waals surface area contributed by atoms with Gasteiger partial charge in [-0.2, -0.15) is 0 Å². The number of benzene rings is 12. The molecule has 0 saturated heterocycles. The third-order valence-corrected chi connectivity index (χ3v) is 15.7. The SMILES string of the molecule is CC(C)(C)C1(C(C)(C)C)c2cc(-c3ccc(-c4c5ccccc5c(-c5cc6ccccc6c6ccccc56)c5ccccc45)cc3)c3ccccc3c2-c2c1c1ccccc1c1ccccc21. The summed E-state index contributed by atoms with van der Waals surface area (Å²) < 4.78 is 0. The zero-order chi connectivity index (χ0) is 45.4.